The number of hydrogen-bond acceptors (Lipinski definition) is 7. The van der Waals surface area contributed by atoms with Crippen molar-refractivity contribution in [3.05, 3.63) is 57.7 Å². The number of hydrogen-bond donors (Lipinski definition) is 0. The summed E-state index contributed by atoms with van der Waals surface area (Å²) >= 11 is 12.7. The molecule has 2 saturated heterocycles. The quantitative estimate of drug-likeness (QED) is 0.488. The van der Waals surface area contributed by atoms with Crippen molar-refractivity contribution in [3.63, 3.8) is 0 Å². The first-order valence-corrected chi connectivity index (χ1v) is 13.6. The molecule has 1 aromatic heterocycles. The van der Waals surface area contributed by atoms with E-state index in [2.05, 4.69) is 35.3 Å². The fourth-order valence-corrected chi connectivity index (χ4v) is 5.93. The Morgan fingerprint density at radius 3 is 2.78 bits per heavy atom. The third-order valence-electron chi connectivity index (χ3n) is 7.67. The van der Waals surface area contributed by atoms with Gasteiger partial charge in [0.05, 0.1) is 5.69 Å². The molecule has 10 heteroatoms. The fourth-order valence-electron chi connectivity index (χ4n) is 5.56. The first-order valence-electron chi connectivity index (χ1n) is 12.9. The molecule has 0 bridgehead atoms. The third kappa shape index (κ3) is 5.72. The zero-order valence-electron chi connectivity index (χ0n) is 21.5. The van der Waals surface area contributed by atoms with Crippen LogP contribution in [0.1, 0.15) is 36.6 Å². The summed E-state index contributed by atoms with van der Waals surface area (Å²) in [5.74, 6) is 0.867. The van der Waals surface area contributed by atoms with E-state index in [-0.39, 0.29) is 11.9 Å². The number of fused-ring (bicyclic) bond motifs is 1. The van der Waals surface area contributed by atoms with Gasteiger partial charge in [-0.2, -0.15) is 9.97 Å². The van der Waals surface area contributed by atoms with Gasteiger partial charge >= 0.3 is 6.01 Å². The van der Waals surface area contributed by atoms with Gasteiger partial charge in [0.2, 0.25) is 5.91 Å². The number of likely N-dealkylation sites (tertiary alicyclic amines) is 1. The monoisotopic (exact) mass is 544 g/mol. The van der Waals surface area contributed by atoms with Crippen LogP contribution >= 0.6 is 23.2 Å². The van der Waals surface area contributed by atoms with Crippen LogP contribution in [0.5, 0.6) is 6.01 Å². The first kappa shape index (κ1) is 26.2. The molecule has 37 heavy (non-hydrogen) atoms. The van der Waals surface area contributed by atoms with Gasteiger partial charge in [-0.1, -0.05) is 29.8 Å². The maximum absolute atomic E-state index is 12.2. The molecule has 8 nitrogen and oxygen atoms in total. The second kappa shape index (κ2) is 11.2. The Balaban J connectivity index is 1.40. The van der Waals surface area contributed by atoms with E-state index in [1.54, 1.807) is 6.07 Å². The molecule has 2 atom stereocenters. The van der Waals surface area contributed by atoms with Crippen LogP contribution in [0.3, 0.4) is 0 Å². The largest absolute Gasteiger partial charge is 0.462 e. The van der Waals surface area contributed by atoms with Gasteiger partial charge in [-0.05, 0) is 63.2 Å². The summed E-state index contributed by atoms with van der Waals surface area (Å²) in [5, 5.41) is 1.37. The van der Waals surface area contributed by atoms with Crippen molar-refractivity contribution in [2.45, 2.75) is 51.5 Å². The predicted octanol–water partition coefficient (Wildman–Crippen LogP) is 4.00. The SMILES string of the molecule is C=CC(=O)N1CCN(c2nc(OC[C@@H]3CCCN3C)nc3c2CN(Cc2cc(Cl)ccc2Cl)C3)[C@@H](C)C1. The Labute approximate surface area is 228 Å². The van der Waals surface area contributed by atoms with Crippen molar-refractivity contribution in [1.82, 2.24) is 24.7 Å². The second-order valence-corrected chi connectivity index (χ2v) is 11.1. The standard InChI is InChI=1S/C27H34Cl2N6O2/c1-4-25(36)34-10-11-35(18(2)13-34)26-22-15-33(14-19-12-20(28)7-8-23(19)29)16-24(22)30-27(31-26)37-17-21-6-5-9-32(21)3/h4,7-8,12,18,21H,1,5-6,9-11,13-17H2,2-3H3/t18-,21-/m0/s1. The molecule has 3 aliphatic heterocycles. The molecule has 0 spiro atoms. The molecule has 0 unspecified atom stereocenters. The summed E-state index contributed by atoms with van der Waals surface area (Å²) < 4.78 is 6.19. The average Bonchev–Trinajstić information content (AvgIpc) is 3.49. The van der Waals surface area contributed by atoms with Crippen molar-refractivity contribution in [2.75, 3.05) is 44.7 Å². The van der Waals surface area contributed by atoms with Gasteiger partial charge in [-0.3, -0.25) is 9.69 Å². The van der Waals surface area contributed by atoms with E-state index in [1.807, 2.05) is 17.0 Å². The number of likely N-dealkylation sites (N-methyl/N-ethyl adjacent to an activating group) is 1. The Morgan fingerprint density at radius 2 is 2.05 bits per heavy atom. The van der Waals surface area contributed by atoms with Crippen LogP contribution < -0.4 is 9.64 Å². The smallest absolute Gasteiger partial charge is 0.318 e. The summed E-state index contributed by atoms with van der Waals surface area (Å²) in [4.78, 5) is 30.8. The topological polar surface area (TPSA) is 65.0 Å². The highest BCUT2D eigenvalue weighted by atomic mass is 35.5. The Morgan fingerprint density at radius 1 is 1.22 bits per heavy atom. The summed E-state index contributed by atoms with van der Waals surface area (Å²) in [5.41, 5.74) is 3.08. The number of halogens is 2. The summed E-state index contributed by atoms with van der Waals surface area (Å²) in [6.45, 7) is 11.4. The molecule has 1 aromatic carbocycles. The summed E-state index contributed by atoms with van der Waals surface area (Å²) in [7, 11) is 2.14. The third-order valence-corrected chi connectivity index (χ3v) is 8.27. The zero-order chi connectivity index (χ0) is 26.1. The van der Waals surface area contributed by atoms with Gasteiger partial charge in [-0.25, -0.2) is 0 Å². The molecule has 198 valence electrons. The van der Waals surface area contributed by atoms with Crippen LogP contribution in [0, 0.1) is 0 Å². The number of piperazine rings is 1. The number of nitrogens with zero attached hydrogens (tertiary/aromatic N) is 6. The molecule has 4 heterocycles. The minimum absolute atomic E-state index is 0.0336. The predicted molar refractivity (Wildman–Crippen MR) is 146 cm³/mol. The molecule has 0 aliphatic carbocycles. The van der Waals surface area contributed by atoms with Crippen molar-refractivity contribution in [3.8, 4) is 6.01 Å². The highest BCUT2D eigenvalue weighted by Crippen LogP contribution is 2.35. The highest BCUT2D eigenvalue weighted by molar-refractivity contribution is 6.33. The van der Waals surface area contributed by atoms with Crippen molar-refractivity contribution in [1.29, 1.82) is 0 Å². The van der Waals surface area contributed by atoms with E-state index in [0.717, 1.165) is 35.6 Å². The van der Waals surface area contributed by atoms with Gasteiger partial charge < -0.3 is 19.4 Å². The van der Waals surface area contributed by atoms with E-state index in [4.69, 9.17) is 37.9 Å². The number of rotatable bonds is 7. The lowest BCUT2D eigenvalue weighted by molar-refractivity contribution is -0.126. The maximum Gasteiger partial charge on any atom is 0.318 e. The van der Waals surface area contributed by atoms with Crippen LogP contribution in [0.2, 0.25) is 10.0 Å². The van der Waals surface area contributed by atoms with E-state index >= 15 is 0 Å². The van der Waals surface area contributed by atoms with E-state index in [9.17, 15) is 4.79 Å². The summed E-state index contributed by atoms with van der Waals surface area (Å²) in [6.07, 6.45) is 3.70. The van der Waals surface area contributed by atoms with Crippen molar-refractivity contribution in [2.24, 2.45) is 0 Å². The molecule has 0 saturated carbocycles. The lowest BCUT2D eigenvalue weighted by Gasteiger charge is -2.40. The Kier molecular flexibility index (Phi) is 7.91. The van der Waals surface area contributed by atoms with Crippen LogP contribution in [0.15, 0.2) is 30.9 Å². The van der Waals surface area contributed by atoms with Gasteiger partial charge in [-0.15, -0.1) is 0 Å². The molecular weight excluding hydrogens is 511 g/mol. The lowest BCUT2D eigenvalue weighted by atomic mass is 10.1. The Bertz CT molecular complexity index is 1180. The molecule has 5 rings (SSSR count). The number of carbonyl (C=O) groups excluding carboxylic acids is 1. The maximum atomic E-state index is 12.2. The van der Waals surface area contributed by atoms with E-state index in [0.29, 0.717) is 68.0 Å². The van der Waals surface area contributed by atoms with Gasteiger partial charge in [0.25, 0.3) is 0 Å². The number of ether oxygens (including phenoxy) is 1. The molecular formula is C27H34Cl2N6O2. The van der Waals surface area contributed by atoms with Crippen LogP contribution in [0.4, 0.5) is 5.82 Å². The van der Waals surface area contributed by atoms with Gasteiger partial charge in [0.1, 0.15) is 12.4 Å². The van der Waals surface area contributed by atoms with Crippen LogP contribution in [0.25, 0.3) is 0 Å². The van der Waals surface area contributed by atoms with Crippen LogP contribution in [-0.4, -0.2) is 82.5 Å². The minimum Gasteiger partial charge on any atom is -0.462 e. The van der Waals surface area contributed by atoms with Gasteiger partial charge in [0.15, 0.2) is 0 Å². The van der Waals surface area contributed by atoms with E-state index < -0.39 is 0 Å². The van der Waals surface area contributed by atoms with E-state index in [1.165, 1.54) is 12.5 Å². The molecule has 2 aromatic rings. The molecule has 0 N–H and O–H groups in total. The number of anilines is 1. The van der Waals surface area contributed by atoms with Crippen LogP contribution in [-0.2, 0) is 24.4 Å². The zero-order valence-corrected chi connectivity index (χ0v) is 23.0. The lowest BCUT2D eigenvalue weighted by Crippen LogP contribution is -2.54. The minimum atomic E-state index is -0.0336. The Hall–Kier alpha value is -2.39. The fraction of sp³-hybridized carbons (Fsp3) is 0.519. The first-order chi connectivity index (χ1) is 17.8. The molecule has 2 fully saturated rings. The second-order valence-electron chi connectivity index (χ2n) is 10.3. The number of amides is 1. The highest BCUT2D eigenvalue weighted by Gasteiger charge is 2.33. The van der Waals surface area contributed by atoms with Gasteiger partial charge in [0, 0.05) is 67.0 Å². The number of carbonyl (C=O) groups is 1. The number of benzene rings is 1. The summed E-state index contributed by atoms with van der Waals surface area (Å²) in [6, 6.07) is 6.47. The number of aromatic nitrogens is 2. The molecule has 1 amide bonds. The van der Waals surface area contributed by atoms with Crippen molar-refractivity contribution < 1.29 is 9.53 Å². The average molecular weight is 546 g/mol. The van der Waals surface area contributed by atoms with Crippen molar-refractivity contribution >= 4 is 34.9 Å². The molecule has 3 aliphatic rings. The molecule has 0 radical (unpaired) electrons. The normalized spacial score (nSPS) is 22.4.